The van der Waals surface area contributed by atoms with Gasteiger partial charge < -0.3 is 10.4 Å². The highest BCUT2D eigenvalue weighted by Gasteiger charge is 2.12. The van der Waals surface area contributed by atoms with E-state index < -0.39 is 5.91 Å². The van der Waals surface area contributed by atoms with E-state index >= 15 is 0 Å². The summed E-state index contributed by atoms with van der Waals surface area (Å²) in [6, 6.07) is 9.95. The van der Waals surface area contributed by atoms with Crippen LogP contribution in [0.15, 0.2) is 43.0 Å². The Kier molecular flexibility index (Phi) is 4.11. The number of carbonyl (C=O) groups excluding carboxylic acids is 1. The Labute approximate surface area is 122 Å². The van der Waals surface area contributed by atoms with E-state index in [-0.39, 0.29) is 11.3 Å². The lowest BCUT2D eigenvalue weighted by molar-refractivity contribution is 0.102. The molecule has 0 spiro atoms. The molecule has 2 aromatic rings. The van der Waals surface area contributed by atoms with Gasteiger partial charge in [0.15, 0.2) is 0 Å². The van der Waals surface area contributed by atoms with Crippen molar-refractivity contribution in [1.82, 2.24) is 0 Å². The van der Waals surface area contributed by atoms with Gasteiger partial charge in [0.05, 0.1) is 5.56 Å². The average Bonchev–Trinajstić information content (AvgIpc) is 2.40. The van der Waals surface area contributed by atoms with E-state index in [2.05, 4.69) is 11.9 Å². The zero-order valence-corrected chi connectivity index (χ0v) is 11.7. The second-order valence-corrected chi connectivity index (χ2v) is 4.89. The minimum atomic E-state index is -0.411. The summed E-state index contributed by atoms with van der Waals surface area (Å²) in [6.07, 6.45) is 1.71. The molecule has 1 amide bonds. The van der Waals surface area contributed by atoms with Crippen molar-refractivity contribution in [2.45, 2.75) is 6.92 Å². The number of hydrogen-bond donors (Lipinski definition) is 2. The molecule has 0 aromatic heterocycles. The topological polar surface area (TPSA) is 49.3 Å². The fourth-order valence-electron chi connectivity index (χ4n) is 1.89. The Bertz CT molecular complexity index is 680. The van der Waals surface area contributed by atoms with Crippen molar-refractivity contribution in [2.24, 2.45) is 0 Å². The van der Waals surface area contributed by atoms with Crippen LogP contribution in [0.5, 0.6) is 5.75 Å². The molecule has 0 aliphatic carbocycles. The summed E-state index contributed by atoms with van der Waals surface area (Å²) in [5, 5.41) is 12.8. The quantitative estimate of drug-likeness (QED) is 0.886. The fourth-order valence-corrected chi connectivity index (χ4v) is 2.06. The SMILES string of the molecule is C=Cc1cc(C)cc(NC(=O)c2cc(Cl)ccc2O)c1. The lowest BCUT2D eigenvalue weighted by Gasteiger charge is -2.09. The number of hydrogen-bond acceptors (Lipinski definition) is 2. The highest BCUT2D eigenvalue weighted by Crippen LogP contribution is 2.23. The first-order valence-corrected chi connectivity index (χ1v) is 6.41. The molecule has 0 unspecified atom stereocenters. The minimum absolute atomic E-state index is 0.108. The predicted octanol–water partition coefficient (Wildman–Crippen LogP) is 4.25. The zero-order chi connectivity index (χ0) is 14.7. The molecule has 0 aliphatic rings. The highest BCUT2D eigenvalue weighted by molar-refractivity contribution is 6.31. The number of rotatable bonds is 3. The average molecular weight is 288 g/mol. The molecule has 3 nitrogen and oxygen atoms in total. The van der Waals surface area contributed by atoms with Crippen molar-refractivity contribution in [1.29, 1.82) is 0 Å². The molecule has 0 fully saturated rings. The van der Waals surface area contributed by atoms with Gasteiger partial charge >= 0.3 is 0 Å². The smallest absolute Gasteiger partial charge is 0.259 e. The van der Waals surface area contributed by atoms with E-state index in [0.29, 0.717) is 10.7 Å². The monoisotopic (exact) mass is 287 g/mol. The van der Waals surface area contributed by atoms with Gasteiger partial charge in [0.2, 0.25) is 0 Å². The van der Waals surface area contributed by atoms with Crippen LogP contribution in [0.4, 0.5) is 5.69 Å². The van der Waals surface area contributed by atoms with Crippen molar-refractivity contribution in [3.05, 3.63) is 64.7 Å². The third-order valence-corrected chi connectivity index (χ3v) is 3.03. The van der Waals surface area contributed by atoms with Gasteiger partial charge in [-0.1, -0.05) is 30.3 Å². The Morgan fingerprint density at radius 3 is 2.75 bits per heavy atom. The van der Waals surface area contributed by atoms with Crippen molar-refractivity contribution in [3.8, 4) is 5.75 Å². The maximum atomic E-state index is 12.1. The van der Waals surface area contributed by atoms with Crippen LogP contribution in [0.1, 0.15) is 21.5 Å². The third-order valence-electron chi connectivity index (χ3n) is 2.80. The molecule has 0 radical (unpaired) electrons. The first kappa shape index (κ1) is 14.2. The van der Waals surface area contributed by atoms with Gasteiger partial charge in [0.25, 0.3) is 5.91 Å². The van der Waals surface area contributed by atoms with Crippen LogP contribution in [-0.4, -0.2) is 11.0 Å². The number of aryl methyl sites for hydroxylation is 1. The first-order chi connectivity index (χ1) is 9.49. The van der Waals surface area contributed by atoms with E-state index in [4.69, 9.17) is 11.6 Å². The zero-order valence-electron chi connectivity index (χ0n) is 11.0. The number of aromatic hydroxyl groups is 1. The molecule has 0 heterocycles. The van der Waals surface area contributed by atoms with E-state index in [0.717, 1.165) is 11.1 Å². The van der Waals surface area contributed by atoms with Gasteiger partial charge in [-0.05, 0) is 48.4 Å². The Morgan fingerprint density at radius 1 is 1.30 bits per heavy atom. The molecular formula is C16H14ClNO2. The van der Waals surface area contributed by atoms with Crippen LogP contribution in [0.25, 0.3) is 6.08 Å². The molecule has 0 atom stereocenters. The molecule has 0 bridgehead atoms. The lowest BCUT2D eigenvalue weighted by atomic mass is 10.1. The molecule has 0 aliphatic heterocycles. The number of halogens is 1. The number of carbonyl (C=O) groups is 1. The van der Waals surface area contributed by atoms with Crippen LogP contribution < -0.4 is 5.32 Å². The standard InChI is InChI=1S/C16H14ClNO2/c1-3-11-6-10(2)7-13(8-11)18-16(20)14-9-12(17)4-5-15(14)19/h3-9,19H,1H2,2H3,(H,18,20). The largest absolute Gasteiger partial charge is 0.507 e. The number of nitrogens with one attached hydrogen (secondary N) is 1. The second kappa shape index (κ2) is 5.80. The summed E-state index contributed by atoms with van der Waals surface area (Å²) in [4.78, 5) is 12.1. The van der Waals surface area contributed by atoms with Crippen molar-refractivity contribution in [2.75, 3.05) is 5.32 Å². The summed E-state index contributed by atoms with van der Waals surface area (Å²) in [7, 11) is 0. The summed E-state index contributed by atoms with van der Waals surface area (Å²) >= 11 is 5.83. The molecule has 2 aromatic carbocycles. The molecule has 20 heavy (non-hydrogen) atoms. The maximum absolute atomic E-state index is 12.1. The van der Waals surface area contributed by atoms with Crippen molar-refractivity contribution < 1.29 is 9.90 Å². The summed E-state index contributed by atoms with van der Waals surface area (Å²) in [5.74, 6) is -0.519. The molecule has 2 rings (SSSR count). The normalized spacial score (nSPS) is 10.1. The van der Waals surface area contributed by atoms with Gasteiger partial charge in [-0.25, -0.2) is 0 Å². The van der Waals surface area contributed by atoms with Crippen molar-refractivity contribution >= 4 is 29.3 Å². The molecule has 102 valence electrons. The van der Waals surface area contributed by atoms with E-state index in [1.807, 2.05) is 19.1 Å². The number of amides is 1. The maximum Gasteiger partial charge on any atom is 0.259 e. The van der Waals surface area contributed by atoms with E-state index in [1.165, 1.54) is 18.2 Å². The summed E-state index contributed by atoms with van der Waals surface area (Å²) in [6.45, 7) is 5.64. The van der Waals surface area contributed by atoms with Gasteiger partial charge in [-0.3, -0.25) is 4.79 Å². The van der Waals surface area contributed by atoms with E-state index in [1.54, 1.807) is 12.1 Å². The lowest BCUT2D eigenvalue weighted by Crippen LogP contribution is -2.12. The number of anilines is 1. The third kappa shape index (κ3) is 3.19. The Hall–Kier alpha value is -2.26. The fraction of sp³-hybridized carbons (Fsp3) is 0.0625. The molecule has 0 saturated carbocycles. The number of benzene rings is 2. The highest BCUT2D eigenvalue weighted by atomic mass is 35.5. The van der Waals surface area contributed by atoms with Crippen LogP contribution in [0.2, 0.25) is 5.02 Å². The Morgan fingerprint density at radius 2 is 2.05 bits per heavy atom. The number of phenols is 1. The van der Waals surface area contributed by atoms with Gasteiger partial charge in [-0.2, -0.15) is 0 Å². The van der Waals surface area contributed by atoms with E-state index in [9.17, 15) is 9.90 Å². The first-order valence-electron chi connectivity index (χ1n) is 6.03. The summed E-state index contributed by atoms with van der Waals surface area (Å²) in [5.41, 5.74) is 2.70. The van der Waals surface area contributed by atoms with Crippen molar-refractivity contribution in [3.63, 3.8) is 0 Å². The van der Waals surface area contributed by atoms with Crippen LogP contribution in [-0.2, 0) is 0 Å². The van der Waals surface area contributed by atoms with Crippen LogP contribution in [0.3, 0.4) is 0 Å². The number of phenolic OH excluding ortho intramolecular Hbond substituents is 1. The van der Waals surface area contributed by atoms with Gasteiger partial charge in [0.1, 0.15) is 5.75 Å². The van der Waals surface area contributed by atoms with Crippen LogP contribution >= 0.6 is 11.6 Å². The molecule has 4 heteroatoms. The van der Waals surface area contributed by atoms with Gasteiger partial charge in [0, 0.05) is 10.7 Å². The Balaban J connectivity index is 2.30. The molecular weight excluding hydrogens is 274 g/mol. The summed E-state index contributed by atoms with van der Waals surface area (Å²) < 4.78 is 0. The minimum Gasteiger partial charge on any atom is -0.507 e. The molecule has 0 saturated heterocycles. The predicted molar refractivity (Wildman–Crippen MR) is 82.3 cm³/mol. The van der Waals surface area contributed by atoms with Crippen LogP contribution in [0, 0.1) is 6.92 Å². The molecule has 2 N–H and O–H groups in total. The van der Waals surface area contributed by atoms with Gasteiger partial charge in [-0.15, -0.1) is 0 Å². The second-order valence-electron chi connectivity index (χ2n) is 4.45.